The molecule has 0 N–H and O–H groups in total. The first-order valence-electron chi connectivity index (χ1n) is 0.810. The van der Waals surface area contributed by atoms with Gasteiger partial charge in [0.15, 0.2) is 0 Å². The van der Waals surface area contributed by atoms with Gasteiger partial charge in [0.1, 0.15) is 0 Å². The van der Waals surface area contributed by atoms with Crippen LogP contribution < -0.4 is 0 Å². The third kappa shape index (κ3) is 192. The molecule has 0 aliphatic rings. The second kappa shape index (κ2) is 8.20. The molecule has 0 saturated heterocycles. The average molecular weight is 241 g/mol. The first-order valence-corrected chi connectivity index (χ1v) is 3.77. The smallest absolute Gasteiger partial charge is 2.00 e. The molecule has 0 aliphatic heterocycles. The normalized spacial score (nSPS) is 8.00. The van der Waals surface area contributed by atoms with Crippen LogP contribution >= 0.6 is 10.1 Å². The Morgan fingerprint density at radius 2 is 1.25 bits per heavy atom. The van der Waals surface area contributed by atoms with Gasteiger partial charge in [0.05, 0.1) is 0 Å². The molecule has 0 aliphatic carbocycles. The molecule has 0 unspecified atom stereocenters. The maximum absolute atomic E-state index is 8.52. The number of rotatable bonds is 0. The van der Waals surface area contributed by atoms with Gasteiger partial charge in [-0.3, -0.25) is 8.42 Å². The summed E-state index contributed by atoms with van der Waals surface area (Å²) in [6.45, 7) is 0. The monoisotopic (exact) mass is 241 g/mol. The van der Waals surface area contributed by atoms with E-state index in [0.717, 1.165) is 0 Å². The van der Waals surface area contributed by atoms with E-state index < -0.39 is 10.4 Å². The summed E-state index contributed by atoms with van der Waals surface area (Å²) in [5.74, 6) is 0. The molecule has 0 heterocycles. The molecule has 0 aromatic rings. The van der Waals surface area contributed by atoms with Crippen LogP contribution in [0.2, 0.25) is 0 Å². The van der Waals surface area contributed by atoms with Gasteiger partial charge in [-0.05, 0) is 0 Å². The first-order chi connectivity index (χ1) is 3.00. The summed E-state index contributed by atoms with van der Waals surface area (Å²) >= 11 is 2.41. The molecular weight excluding hydrogens is 241 g/mol. The fraction of sp³-hybridized carbons (Fsp3) is 0. The fourth-order valence-electron chi connectivity index (χ4n) is 0. The van der Waals surface area contributed by atoms with Gasteiger partial charge in [-0.2, -0.15) is 0 Å². The summed E-state index contributed by atoms with van der Waals surface area (Å²) < 4.78 is 34.1. The van der Waals surface area contributed by atoms with E-state index in [4.69, 9.17) is 17.5 Å². The molecule has 0 bridgehead atoms. The molecule has 8 heteroatoms. The Morgan fingerprint density at radius 1 is 1.25 bits per heavy atom. The molecule has 0 rings (SSSR count). The van der Waals surface area contributed by atoms with E-state index in [-0.39, 0.29) is 17.1 Å². The van der Waals surface area contributed by atoms with E-state index in [1.165, 1.54) is 0 Å². The molecule has 1 radical (unpaired) electrons. The van der Waals surface area contributed by atoms with Gasteiger partial charge in [0, 0.05) is 10.4 Å². The van der Waals surface area contributed by atoms with Crippen LogP contribution in [-0.4, -0.2) is 17.5 Å². The SMILES string of the molecule is O=S(=O)([O-])[O-].[Cl][Mn].[Mn+2]. The zero-order valence-corrected chi connectivity index (χ0v) is 7.11. The van der Waals surface area contributed by atoms with E-state index in [1.54, 1.807) is 0 Å². The molecule has 4 nitrogen and oxygen atoms in total. The van der Waals surface area contributed by atoms with Crippen LogP contribution in [-0.2, 0) is 42.6 Å². The van der Waals surface area contributed by atoms with Crippen molar-refractivity contribution in [3.05, 3.63) is 0 Å². The Kier molecular flexibility index (Phi) is 16.5. The summed E-state index contributed by atoms with van der Waals surface area (Å²) in [7, 11) is -0.715. The van der Waals surface area contributed by atoms with Crippen LogP contribution in [0.5, 0.6) is 0 Å². The minimum Gasteiger partial charge on any atom is 2.00 e. The zero-order valence-electron chi connectivity index (χ0n) is 3.18. The zero-order chi connectivity index (χ0) is 6.50. The van der Waals surface area contributed by atoms with Crippen molar-refractivity contribution in [3.63, 3.8) is 0 Å². The molecule has 0 aromatic heterocycles. The fourth-order valence-corrected chi connectivity index (χ4v) is 0. The van der Waals surface area contributed by atoms with E-state index in [0.29, 0.717) is 0 Å². The third-order valence-electron chi connectivity index (χ3n) is 0. The molecular formula is ClMn2O4S. The van der Waals surface area contributed by atoms with Crippen molar-refractivity contribution in [1.82, 2.24) is 0 Å². The summed E-state index contributed by atoms with van der Waals surface area (Å²) in [5.41, 5.74) is 0. The van der Waals surface area contributed by atoms with Gasteiger partial charge >= 0.3 is 42.3 Å². The van der Waals surface area contributed by atoms with Crippen molar-refractivity contribution in [3.8, 4) is 0 Å². The average Bonchev–Trinajstić information content (AvgIpc) is 1.36. The molecule has 0 amide bonds. The number of hydrogen-bond donors (Lipinski definition) is 0. The van der Waals surface area contributed by atoms with Crippen LogP contribution in [0.4, 0.5) is 0 Å². The van der Waals surface area contributed by atoms with Crippen molar-refractivity contribution >= 4 is 20.5 Å². The molecule has 0 aromatic carbocycles. The van der Waals surface area contributed by atoms with Crippen LogP contribution in [0.25, 0.3) is 0 Å². The van der Waals surface area contributed by atoms with Crippen molar-refractivity contribution < 1.29 is 49.7 Å². The standard InChI is InChI=1S/ClH.2Mn.H2O4S/c;;;1-5(2,3)4/h1H;;;(H2,1,2,3,4)/q;+1;+2;/p-3. The summed E-state index contributed by atoms with van der Waals surface area (Å²) in [6, 6.07) is 0. The van der Waals surface area contributed by atoms with Crippen molar-refractivity contribution in [1.29, 1.82) is 0 Å². The van der Waals surface area contributed by atoms with Gasteiger partial charge in [-0.15, -0.1) is 0 Å². The van der Waals surface area contributed by atoms with Gasteiger partial charge < -0.3 is 9.11 Å². The Hall–Kier alpha value is 1.20. The number of halogens is 1. The predicted molar refractivity (Wildman–Crippen MR) is 16.3 cm³/mol. The van der Waals surface area contributed by atoms with Crippen molar-refractivity contribution in [2.75, 3.05) is 0 Å². The van der Waals surface area contributed by atoms with E-state index >= 15 is 0 Å². The molecule has 0 fully saturated rings. The van der Waals surface area contributed by atoms with Crippen molar-refractivity contribution in [2.45, 2.75) is 0 Å². The van der Waals surface area contributed by atoms with Gasteiger partial charge in [0.25, 0.3) is 0 Å². The van der Waals surface area contributed by atoms with E-state index in [9.17, 15) is 0 Å². The van der Waals surface area contributed by atoms with Gasteiger partial charge in [0.2, 0.25) is 0 Å². The Labute approximate surface area is 70.1 Å². The topological polar surface area (TPSA) is 80.3 Å². The van der Waals surface area contributed by atoms with Crippen molar-refractivity contribution in [2.24, 2.45) is 0 Å². The van der Waals surface area contributed by atoms with Crippen LogP contribution in [0.1, 0.15) is 0 Å². The van der Waals surface area contributed by atoms with Gasteiger partial charge in [-0.25, -0.2) is 0 Å². The maximum atomic E-state index is 8.52. The predicted octanol–water partition coefficient (Wildman–Crippen LogP) is -0.653. The summed E-state index contributed by atoms with van der Waals surface area (Å²) in [4.78, 5) is 0. The molecule has 8 heavy (non-hydrogen) atoms. The number of hydrogen-bond acceptors (Lipinski definition) is 4. The second-order valence-electron chi connectivity index (χ2n) is 0.408. The largest absolute Gasteiger partial charge is 2.00 e. The van der Waals surface area contributed by atoms with Crippen LogP contribution in [0.3, 0.4) is 0 Å². The quantitative estimate of drug-likeness (QED) is 0.320. The Balaban J connectivity index is -0.0000000750. The minimum atomic E-state index is -5.17. The third-order valence-corrected chi connectivity index (χ3v) is 0. The maximum Gasteiger partial charge on any atom is 2.00 e. The summed E-state index contributed by atoms with van der Waals surface area (Å²) in [5, 5.41) is 0. The van der Waals surface area contributed by atoms with E-state index in [1.807, 2.05) is 0 Å². The van der Waals surface area contributed by atoms with E-state index in [2.05, 4.69) is 25.2 Å². The van der Waals surface area contributed by atoms with Crippen LogP contribution in [0, 0.1) is 0 Å². The summed E-state index contributed by atoms with van der Waals surface area (Å²) in [6.07, 6.45) is 0. The Morgan fingerprint density at radius 3 is 1.25 bits per heavy atom. The first kappa shape index (κ1) is 16.1. The van der Waals surface area contributed by atoms with Crippen LogP contribution in [0.15, 0.2) is 0 Å². The molecule has 0 saturated carbocycles. The van der Waals surface area contributed by atoms with Gasteiger partial charge in [-0.1, -0.05) is 0 Å². The minimum absolute atomic E-state index is 0. The molecule has 0 atom stereocenters. The second-order valence-corrected chi connectivity index (χ2v) is 1.22. The molecule has 51 valence electrons. The Bertz CT molecular complexity index is 97.2. The molecule has 0 spiro atoms.